The summed E-state index contributed by atoms with van der Waals surface area (Å²) < 4.78 is 5.52. The molecule has 2 fully saturated rings. The Hall–Kier alpha value is -3.24. The third-order valence-electron chi connectivity index (χ3n) is 6.43. The number of ketones is 1. The Morgan fingerprint density at radius 3 is 1.74 bits per heavy atom. The molecule has 3 rings (SSSR count). The van der Waals surface area contributed by atoms with E-state index in [1.54, 1.807) is 38.8 Å². The number of rotatable bonds is 11. The third-order valence-corrected chi connectivity index (χ3v) is 6.43. The van der Waals surface area contributed by atoms with E-state index < -0.39 is 17.3 Å². The number of nitriles is 1. The fourth-order valence-electron chi connectivity index (χ4n) is 4.33. The fraction of sp³-hybridized carbons (Fsp3) is 0.567. The summed E-state index contributed by atoms with van der Waals surface area (Å²) in [5, 5.41) is 35.1. The van der Waals surface area contributed by atoms with Gasteiger partial charge in [0.05, 0.1) is 32.1 Å². The zero-order valence-electron chi connectivity index (χ0n) is 24.1. The molecule has 2 aliphatic rings. The summed E-state index contributed by atoms with van der Waals surface area (Å²) in [6.07, 6.45) is 3.50. The largest absolute Gasteiger partial charge is 0.762 e. The highest BCUT2D eigenvalue weighted by atomic mass is 16.4. The van der Waals surface area contributed by atoms with Crippen molar-refractivity contribution in [1.82, 2.24) is 0 Å². The number of carboxylic acid groups (broad SMARTS) is 1. The molecular weight excluding hydrogens is 480 g/mol. The highest BCUT2D eigenvalue weighted by Gasteiger charge is 2.41. The maximum atomic E-state index is 13.1. The summed E-state index contributed by atoms with van der Waals surface area (Å²) >= 11 is 0. The van der Waals surface area contributed by atoms with Gasteiger partial charge in [0.25, 0.3) is 0 Å². The van der Waals surface area contributed by atoms with Crippen molar-refractivity contribution in [2.24, 2.45) is 11.8 Å². The van der Waals surface area contributed by atoms with Crippen molar-refractivity contribution in [1.29, 1.82) is 5.26 Å². The molecule has 2 aliphatic carbocycles. The first-order valence-electron chi connectivity index (χ1n) is 13.7. The van der Waals surface area contributed by atoms with Crippen LogP contribution in [0.3, 0.4) is 0 Å². The van der Waals surface area contributed by atoms with Crippen molar-refractivity contribution in [3.05, 3.63) is 50.9 Å². The van der Waals surface area contributed by atoms with Gasteiger partial charge < -0.3 is 30.4 Å². The molecule has 0 radical (unpaired) electrons. The average Bonchev–Trinajstić information content (AvgIpc) is 3.80. The van der Waals surface area contributed by atoms with Gasteiger partial charge in [-0.2, -0.15) is 5.26 Å². The smallest absolute Gasteiger partial charge is 0.210 e. The molecule has 38 heavy (non-hydrogen) atoms. The molecule has 0 bridgehead atoms. The summed E-state index contributed by atoms with van der Waals surface area (Å²) in [5.74, 6) is 0.694. The van der Waals surface area contributed by atoms with Crippen molar-refractivity contribution in [2.45, 2.75) is 74.1 Å². The van der Waals surface area contributed by atoms with Crippen LogP contribution in [0.4, 0.5) is 0 Å². The maximum Gasteiger partial charge on any atom is 0.210 e. The van der Waals surface area contributed by atoms with Crippen molar-refractivity contribution >= 4 is 23.2 Å². The molecule has 8 heteroatoms. The molecule has 1 heterocycles. The first-order chi connectivity index (χ1) is 18.1. The Labute approximate surface area is 227 Å². The number of carboxylic acids is 1. The highest BCUT2D eigenvalue weighted by molar-refractivity contribution is 6.24. The molecular formula is C30H44N4O4. The second-order valence-corrected chi connectivity index (χ2v) is 9.63. The lowest BCUT2D eigenvalue weighted by Gasteiger charge is -2.20. The number of Topliss-reactive ketones (excluding diaryl/α,β-unsaturated/α-hetero) is 1. The molecule has 0 aliphatic heterocycles. The van der Waals surface area contributed by atoms with Crippen LogP contribution in [-0.2, 0) is 9.59 Å². The van der Waals surface area contributed by atoms with Crippen LogP contribution in [0, 0.1) is 37.0 Å². The van der Waals surface area contributed by atoms with Gasteiger partial charge in [-0.15, -0.1) is 0 Å². The predicted octanol–water partition coefficient (Wildman–Crippen LogP) is 1.97. The second kappa shape index (κ2) is 16.6. The van der Waals surface area contributed by atoms with Gasteiger partial charge in [0.1, 0.15) is 23.2 Å². The van der Waals surface area contributed by atoms with Crippen molar-refractivity contribution in [3.63, 3.8) is 0 Å². The predicted molar refractivity (Wildman–Crippen MR) is 147 cm³/mol. The topological polar surface area (TPSA) is 150 Å². The van der Waals surface area contributed by atoms with Gasteiger partial charge in [-0.1, -0.05) is 5.57 Å². The van der Waals surface area contributed by atoms with Gasteiger partial charge in [0, 0.05) is 16.7 Å². The van der Waals surface area contributed by atoms with Gasteiger partial charge in [0.15, 0.2) is 0 Å². The van der Waals surface area contributed by atoms with E-state index in [-0.39, 0.29) is 23.0 Å². The first kappa shape index (κ1) is 32.8. The monoisotopic (exact) mass is 524 g/mol. The highest BCUT2D eigenvalue weighted by Crippen LogP contribution is 2.52. The molecule has 1 aromatic rings. The molecule has 0 spiro atoms. The number of aryl methyl sites for hydroxylation is 2. The number of nitrogens with two attached hydrogens (primary N) is 2. The molecule has 0 aromatic carbocycles. The van der Waals surface area contributed by atoms with Crippen molar-refractivity contribution in [3.8, 4) is 6.07 Å². The number of carbonyl (C=O) groups excluding carboxylic acids is 2. The van der Waals surface area contributed by atoms with E-state index in [4.69, 9.17) is 4.42 Å². The van der Waals surface area contributed by atoms with E-state index in [1.807, 2.05) is 0 Å². The minimum Gasteiger partial charge on any atom is -0.762 e. The lowest BCUT2D eigenvalue weighted by molar-refractivity contribution is -0.648. The number of nitrogens with zero attached hydrogens (tertiary/aromatic N) is 2. The molecule has 8 nitrogen and oxygen atoms in total. The van der Waals surface area contributed by atoms with Crippen LogP contribution in [0.1, 0.15) is 77.4 Å². The normalized spacial score (nSPS) is 14.4. The van der Waals surface area contributed by atoms with Crippen LogP contribution in [0.25, 0.3) is 11.0 Å². The van der Waals surface area contributed by atoms with Crippen LogP contribution < -0.4 is 15.7 Å². The van der Waals surface area contributed by atoms with E-state index in [0.29, 0.717) is 22.7 Å². The van der Waals surface area contributed by atoms with Gasteiger partial charge in [-0.3, -0.25) is 4.79 Å². The number of quaternary nitrogens is 2. The van der Waals surface area contributed by atoms with E-state index in [9.17, 15) is 25.4 Å². The number of hydrogen-bond donors (Lipinski definition) is 2. The van der Waals surface area contributed by atoms with E-state index >= 15 is 0 Å². The summed E-state index contributed by atoms with van der Waals surface area (Å²) in [7, 11) is 0. The first-order valence-corrected chi connectivity index (χ1v) is 13.7. The molecule has 4 N–H and O–H groups in total. The van der Waals surface area contributed by atoms with E-state index in [2.05, 4.69) is 38.3 Å². The van der Waals surface area contributed by atoms with Gasteiger partial charge in [-0.25, -0.2) is 5.87 Å². The lowest BCUT2D eigenvalue weighted by Crippen LogP contribution is -2.82. The van der Waals surface area contributed by atoms with E-state index in [1.165, 1.54) is 26.2 Å². The molecule has 0 amide bonds. The lowest BCUT2D eigenvalue weighted by atomic mass is 9.84. The van der Waals surface area contributed by atoms with Gasteiger partial charge >= 0.3 is 0 Å². The molecule has 1 aromatic heterocycles. The minimum atomic E-state index is -1.49. The zero-order valence-corrected chi connectivity index (χ0v) is 24.1. The minimum absolute atomic E-state index is 0.0288. The maximum absolute atomic E-state index is 13.1. The number of carbonyl (C=O) groups is 2. The Kier molecular flexibility index (Phi) is 14.3. The van der Waals surface area contributed by atoms with Crippen molar-refractivity contribution < 1.29 is 29.7 Å². The Bertz CT molecular complexity index is 1100. The third kappa shape index (κ3) is 9.57. The Morgan fingerprint density at radius 1 is 1.00 bits per heavy atom. The summed E-state index contributed by atoms with van der Waals surface area (Å²) in [4.78, 5) is 25.3. The fourth-order valence-corrected chi connectivity index (χ4v) is 4.33. The summed E-state index contributed by atoms with van der Waals surface area (Å²) in [5.41, 5.74) is 0.796. The van der Waals surface area contributed by atoms with Crippen LogP contribution in [-0.4, -0.2) is 43.8 Å². The van der Waals surface area contributed by atoms with Gasteiger partial charge in [0.2, 0.25) is 5.78 Å². The van der Waals surface area contributed by atoms with Crippen LogP contribution in [0.2, 0.25) is 0 Å². The Morgan fingerprint density at radius 2 is 1.47 bits per heavy atom. The standard InChI is InChI=1S/C22H21N2O4.2C4H11N/c1-11-8-17(13(3)28-11)12(2)18(22(26)27)20(21(25)16(9-23)10-24)19(14-4-5-14)15-6-7-15;2*1-3-5-4-2/h8,14-15H,4-7H2,1-3H3,(H,26,27);2*5H,3-4H2,1-2H3/q-1;;/p+1/b18-12-;;. The number of furan rings is 1. The number of allylic oxidation sites excluding steroid dienone is 3. The number of aliphatic carboxylic acids is 1. The second-order valence-electron chi connectivity index (χ2n) is 9.63. The quantitative estimate of drug-likeness (QED) is 0.196. The molecule has 0 saturated heterocycles. The van der Waals surface area contributed by atoms with E-state index in [0.717, 1.165) is 31.3 Å². The molecule has 0 unspecified atom stereocenters. The molecule has 208 valence electrons. The molecule has 0 atom stereocenters. The zero-order chi connectivity index (χ0) is 28.8. The number of hydrogen-bond acceptors (Lipinski definition) is 5. The van der Waals surface area contributed by atoms with Gasteiger partial charge in [-0.05, 0) is 97.6 Å². The summed E-state index contributed by atoms with van der Waals surface area (Å²) in [6.45, 7) is 18.6. The van der Waals surface area contributed by atoms with Crippen LogP contribution >= 0.6 is 0 Å². The SMILES string of the molecule is C/C(=C(/C(=O)[O-])C(C(=O)C(=C=[N-])C#N)=C(C1CC1)C1CC1)c1cc(C)oc1C.CC[NH2+]CC.CC[NH2+]CC. The van der Waals surface area contributed by atoms with Crippen molar-refractivity contribution in [2.75, 3.05) is 26.2 Å². The Balaban J connectivity index is 0.000000616. The summed E-state index contributed by atoms with van der Waals surface area (Å²) in [6, 6.07) is 3.32. The van der Waals surface area contributed by atoms with Crippen LogP contribution in [0.15, 0.2) is 32.8 Å². The molecule has 2 saturated carbocycles. The van der Waals surface area contributed by atoms with Crippen LogP contribution in [0.5, 0.6) is 0 Å². The average molecular weight is 525 g/mol.